The Labute approximate surface area is 152 Å². The molecule has 0 fully saturated rings. The number of fused-ring (bicyclic) bond motifs is 2. The Kier molecular flexibility index (Phi) is 4.14. The monoisotopic (exact) mass is 352 g/mol. The van der Waals surface area contributed by atoms with Gasteiger partial charge in [0.2, 0.25) is 0 Å². The number of hydrogen-bond donors (Lipinski definition) is 3. The number of urea groups is 1. The third-order valence-electron chi connectivity index (χ3n) is 5.07. The number of benzene rings is 1. The van der Waals surface area contributed by atoms with Gasteiger partial charge in [-0.25, -0.2) is 9.78 Å². The van der Waals surface area contributed by atoms with Crippen LogP contribution in [0.4, 0.5) is 4.79 Å². The topological polar surface area (TPSA) is 89.7 Å². The quantitative estimate of drug-likeness (QED) is 0.677. The van der Waals surface area contributed by atoms with E-state index >= 15 is 0 Å². The van der Waals surface area contributed by atoms with Gasteiger partial charge in [-0.2, -0.15) is 5.10 Å². The Hall–Kier alpha value is -2.83. The molecule has 0 unspecified atom stereocenters. The summed E-state index contributed by atoms with van der Waals surface area (Å²) in [6.07, 6.45) is 1.71. The molecule has 7 heteroatoms. The molecule has 0 aliphatic carbocycles. The molecule has 7 nitrogen and oxygen atoms in total. The van der Waals surface area contributed by atoms with Crippen molar-refractivity contribution in [1.29, 1.82) is 0 Å². The van der Waals surface area contributed by atoms with Crippen LogP contribution in [0, 0.1) is 13.8 Å². The minimum Gasteiger partial charge on any atom is -0.338 e. The summed E-state index contributed by atoms with van der Waals surface area (Å²) in [6.45, 7) is 8.18. The molecule has 3 aromatic rings. The zero-order valence-electron chi connectivity index (χ0n) is 15.4. The number of amides is 2. The first-order valence-electron chi connectivity index (χ1n) is 9.13. The molecule has 2 aromatic heterocycles. The number of carbonyl (C=O) groups excluding carboxylic acids is 1. The number of aromatic amines is 2. The second-order valence-electron chi connectivity index (χ2n) is 6.97. The number of carbonyl (C=O) groups is 1. The van der Waals surface area contributed by atoms with Gasteiger partial charge in [0.1, 0.15) is 5.69 Å². The predicted molar refractivity (Wildman–Crippen MR) is 101 cm³/mol. The van der Waals surface area contributed by atoms with E-state index in [1.54, 1.807) is 0 Å². The summed E-state index contributed by atoms with van der Waals surface area (Å²) in [7, 11) is 0. The molecule has 0 saturated heterocycles. The summed E-state index contributed by atoms with van der Waals surface area (Å²) in [5.41, 5.74) is 7.34. The van der Waals surface area contributed by atoms with E-state index in [1.807, 2.05) is 11.8 Å². The van der Waals surface area contributed by atoms with E-state index in [1.165, 1.54) is 11.1 Å². The fourth-order valence-electron chi connectivity index (χ4n) is 3.39. The number of imidazole rings is 1. The largest absolute Gasteiger partial charge is 0.338 e. The molecule has 3 N–H and O–H groups in total. The van der Waals surface area contributed by atoms with E-state index < -0.39 is 0 Å². The molecular weight excluding hydrogens is 328 g/mol. The van der Waals surface area contributed by atoms with Crippen molar-refractivity contribution in [2.24, 2.45) is 0 Å². The highest BCUT2D eigenvalue weighted by Gasteiger charge is 2.26. The average molecular weight is 352 g/mol. The maximum atomic E-state index is 12.3. The lowest BCUT2D eigenvalue weighted by atomic mass is 10.1. The third-order valence-corrected chi connectivity index (χ3v) is 5.07. The van der Waals surface area contributed by atoms with Gasteiger partial charge in [0.25, 0.3) is 0 Å². The van der Waals surface area contributed by atoms with E-state index in [0.717, 1.165) is 46.7 Å². The maximum Gasteiger partial charge on any atom is 0.317 e. The van der Waals surface area contributed by atoms with Crippen LogP contribution in [0.1, 0.15) is 35.7 Å². The molecule has 0 bridgehead atoms. The Morgan fingerprint density at radius 2 is 2.12 bits per heavy atom. The highest BCUT2D eigenvalue weighted by atomic mass is 16.2. The van der Waals surface area contributed by atoms with Crippen LogP contribution in [0.15, 0.2) is 12.1 Å². The van der Waals surface area contributed by atoms with Gasteiger partial charge in [0.05, 0.1) is 17.6 Å². The highest BCUT2D eigenvalue weighted by Crippen LogP contribution is 2.29. The van der Waals surface area contributed by atoms with E-state index in [-0.39, 0.29) is 6.03 Å². The Balaban J connectivity index is 1.66. The molecule has 1 aliphatic rings. The van der Waals surface area contributed by atoms with E-state index in [4.69, 9.17) is 4.98 Å². The molecular formula is C19H24N6O. The summed E-state index contributed by atoms with van der Waals surface area (Å²) in [4.78, 5) is 22.3. The number of hydrogen-bond acceptors (Lipinski definition) is 3. The molecule has 4 rings (SSSR count). The number of nitrogens with zero attached hydrogens (tertiary/aromatic N) is 3. The summed E-state index contributed by atoms with van der Waals surface area (Å²) in [6, 6.07) is 4.19. The zero-order valence-corrected chi connectivity index (χ0v) is 15.4. The van der Waals surface area contributed by atoms with Crippen LogP contribution in [0.5, 0.6) is 0 Å². The fraction of sp³-hybridized carbons (Fsp3) is 0.421. The van der Waals surface area contributed by atoms with Crippen molar-refractivity contribution in [3.63, 3.8) is 0 Å². The molecule has 2 amide bonds. The van der Waals surface area contributed by atoms with Gasteiger partial charge in [-0.15, -0.1) is 0 Å². The number of aryl methyl sites for hydroxylation is 2. The molecule has 1 aliphatic heterocycles. The minimum absolute atomic E-state index is 0.0134. The average Bonchev–Trinajstić information content (AvgIpc) is 3.22. The number of nitrogens with one attached hydrogen (secondary N) is 3. The lowest BCUT2D eigenvalue weighted by Gasteiger charge is -2.27. The summed E-state index contributed by atoms with van der Waals surface area (Å²) in [5.74, 6) is 0.748. The first kappa shape index (κ1) is 16.6. The molecule has 1 aromatic carbocycles. The van der Waals surface area contributed by atoms with Crippen LogP contribution in [0.25, 0.3) is 22.6 Å². The third kappa shape index (κ3) is 2.83. The van der Waals surface area contributed by atoms with Crippen LogP contribution >= 0.6 is 0 Å². The Morgan fingerprint density at radius 1 is 1.31 bits per heavy atom. The van der Waals surface area contributed by atoms with Crippen LogP contribution in [-0.4, -0.2) is 44.2 Å². The Bertz CT molecular complexity index is 931. The molecule has 136 valence electrons. The molecule has 0 saturated carbocycles. The van der Waals surface area contributed by atoms with Crippen molar-refractivity contribution in [2.45, 2.75) is 40.2 Å². The second-order valence-corrected chi connectivity index (χ2v) is 6.97. The van der Waals surface area contributed by atoms with E-state index in [9.17, 15) is 4.79 Å². The predicted octanol–water partition coefficient (Wildman–Crippen LogP) is 3.05. The molecule has 3 heterocycles. The number of H-pyrrole nitrogens is 2. The standard InChI is InChI=1S/C19H24N6O/c1-4-6-20-19(26)25-7-5-14-13(10-25)17(24-23-14)18-21-15-8-11(2)12(3)9-16(15)22-18/h8-9H,4-7,10H2,1-3H3,(H,20,26)(H,21,22)(H,23,24). The van der Waals surface area contributed by atoms with Gasteiger partial charge in [-0.3, -0.25) is 5.10 Å². The first-order chi connectivity index (χ1) is 12.6. The van der Waals surface area contributed by atoms with Crippen LogP contribution < -0.4 is 5.32 Å². The van der Waals surface area contributed by atoms with Gasteiger partial charge in [-0.05, 0) is 43.5 Å². The summed E-state index contributed by atoms with van der Waals surface area (Å²) in [5, 5.41) is 10.6. The molecule has 0 radical (unpaired) electrons. The smallest absolute Gasteiger partial charge is 0.317 e. The zero-order chi connectivity index (χ0) is 18.3. The van der Waals surface area contributed by atoms with Crippen molar-refractivity contribution in [3.8, 4) is 11.5 Å². The van der Waals surface area contributed by atoms with Gasteiger partial charge >= 0.3 is 6.03 Å². The highest BCUT2D eigenvalue weighted by molar-refractivity contribution is 5.81. The number of aromatic nitrogens is 4. The van der Waals surface area contributed by atoms with Gasteiger partial charge in [0.15, 0.2) is 5.82 Å². The van der Waals surface area contributed by atoms with Crippen LogP contribution in [0.2, 0.25) is 0 Å². The lowest BCUT2D eigenvalue weighted by molar-refractivity contribution is 0.192. The van der Waals surface area contributed by atoms with Crippen molar-refractivity contribution >= 4 is 17.1 Å². The fourth-order valence-corrected chi connectivity index (χ4v) is 3.39. The van der Waals surface area contributed by atoms with Gasteiger partial charge in [0, 0.05) is 30.8 Å². The lowest BCUT2D eigenvalue weighted by Crippen LogP contribution is -2.42. The van der Waals surface area contributed by atoms with E-state index in [2.05, 4.69) is 46.5 Å². The normalized spacial score (nSPS) is 13.9. The molecule has 0 spiro atoms. The SMILES string of the molecule is CCCNC(=O)N1CCc2[nH]nc(-c3nc4cc(C)c(C)cc4[nH]3)c2C1. The first-order valence-corrected chi connectivity index (χ1v) is 9.13. The van der Waals surface area contributed by atoms with Crippen molar-refractivity contribution in [3.05, 3.63) is 34.5 Å². The van der Waals surface area contributed by atoms with Crippen LogP contribution in [0.3, 0.4) is 0 Å². The maximum absolute atomic E-state index is 12.3. The second kappa shape index (κ2) is 6.48. The van der Waals surface area contributed by atoms with Crippen LogP contribution in [-0.2, 0) is 13.0 Å². The minimum atomic E-state index is -0.0134. The molecule has 26 heavy (non-hydrogen) atoms. The van der Waals surface area contributed by atoms with Crippen molar-refractivity contribution in [2.75, 3.05) is 13.1 Å². The van der Waals surface area contributed by atoms with Crippen molar-refractivity contribution < 1.29 is 4.79 Å². The van der Waals surface area contributed by atoms with Gasteiger partial charge < -0.3 is 15.2 Å². The summed E-state index contributed by atoms with van der Waals surface area (Å²) < 4.78 is 0. The Morgan fingerprint density at radius 3 is 2.92 bits per heavy atom. The van der Waals surface area contributed by atoms with Gasteiger partial charge in [-0.1, -0.05) is 6.92 Å². The van der Waals surface area contributed by atoms with E-state index in [0.29, 0.717) is 19.6 Å². The van der Waals surface area contributed by atoms with Crippen molar-refractivity contribution in [1.82, 2.24) is 30.4 Å². The summed E-state index contributed by atoms with van der Waals surface area (Å²) >= 11 is 0. The number of rotatable bonds is 3. The molecule has 0 atom stereocenters.